The highest BCUT2D eigenvalue weighted by molar-refractivity contribution is 5.60. The van der Waals surface area contributed by atoms with Gasteiger partial charge < -0.3 is 10.6 Å². The van der Waals surface area contributed by atoms with Crippen LogP contribution >= 0.6 is 0 Å². The lowest BCUT2D eigenvalue weighted by Crippen LogP contribution is -2.19. The van der Waals surface area contributed by atoms with Crippen molar-refractivity contribution in [2.75, 3.05) is 23.7 Å². The molecular weight excluding hydrogens is 162 g/mol. The van der Waals surface area contributed by atoms with Crippen LogP contribution in [0.1, 0.15) is 18.4 Å². The maximum absolute atomic E-state index is 5.75. The van der Waals surface area contributed by atoms with E-state index in [0.717, 1.165) is 18.7 Å². The highest BCUT2D eigenvalue weighted by Crippen LogP contribution is 2.25. The van der Waals surface area contributed by atoms with Gasteiger partial charge in [0.05, 0.1) is 0 Å². The summed E-state index contributed by atoms with van der Waals surface area (Å²) in [7, 11) is 0. The van der Waals surface area contributed by atoms with E-state index >= 15 is 0 Å². The second kappa shape index (κ2) is 3.24. The van der Waals surface area contributed by atoms with E-state index in [1.54, 1.807) is 6.20 Å². The van der Waals surface area contributed by atoms with E-state index in [1.165, 1.54) is 18.5 Å². The van der Waals surface area contributed by atoms with E-state index in [0.29, 0.717) is 5.82 Å². The lowest BCUT2D eigenvalue weighted by Gasteiger charge is -2.20. The first kappa shape index (κ1) is 8.35. The molecule has 0 saturated carbocycles. The van der Waals surface area contributed by atoms with Gasteiger partial charge in [-0.25, -0.2) is 4.98 Å². The fourth-order valence-corrected chi connectivity index (χ4v) is 1.84. The molecule has 0 aliphatic carbocycles. The number of nitrogen functional groups attached to an aromatic ring is 1. The number of hydrogen-bond acceptors (Lipinski definition) is 3. The first-order valence-electron chi connectivity index (χ1n) is 4.75. The molecule has 0 atom stereocenters. The Labute approximate surface area is 78.6 Å². The fraction of sp³-hybridized carbons (Fsp3) is 0.500. The molecule has 13 heavy (non-hydrogen) atoms. The van der Waals surface area contributed by atoms with Gasteiger partial charge in [-0.1, -0.05) is 0 Å². The zero-order valence-corrected chi connectivity index (χ0v) is 7.95. The van der Waals surface area contributed by atoms with Gasteiger partial charge >= 0.3 is 0 Å². The van der Waals surface area contributed by atoms with Crippen LogP contribution in [0.3, 0.4) is 0 Å². The second-order valence-corrected chi connectivity index (χ2v) is 3.53. The smallest absolute Gasteiger partial charge is 0.128 e. The van der Waals surface area contributed by atoms with Crippen molar-refractivity contribution in [2.45, 2.75) is 19.8 Å². The van der Waals surface area contributed by atoms with Crippen LogP contribution in [0, 0.1) is 6.92 Å². The molecule has 2 rings (SSSR count). The molecule has 0 radical (unpaired) electrons. The number of rotatable bonds is 1. The first-order chi connectivity index (χ1) is 6.29. The van der Waals surface area contributed by atoms with E-state index in [2.05, 4.69) is 16.0 Å². The average molecular weight is 177 g/mol. The summed E-state index contributed by atoms with van der Waals surface area (Å²) in [6, 6.07) is 2.05. The van der Waals surface area contributed by atoms with Crippen molar-refractivity contribution < 1.29 is 0 Å². The summed E-state index contributed by atoms with van der Waals surface area (Å²) in [4.78, 5) is 6.44. The molecule has 0 bridgehead atoms. The molecule has 70 valence electrons. The van der Waals surface area contributed by atoms with E-state index in [1.807, 2.05) is 6.92 Å². The molecule has 0 unspecified atom stereocenters. The van der Waals surface area contributed by atoms with Crippen LogP contribution in [0.5, 0.6) is 0 Å². The van der Waals surface area contributed by atoms with Gasteiger partial charge in [-0.15, -0.1) is 0 Å². The predicted molar refractivity (Wildman–Crippen MR) is 54.8 cm³/mol. The summed E-state index contributed by atoms with van der Waals surface area (Å²) < 4.78 is 0. The number of nitrogens with zero attached hydrogens (tertiary/aromatic N) is 2. The van der Waals surface area contributed by atoms with Crippen LogP contribution < -0.4 is 10.6 Å². The lowest BCUT2D eigenvalue weighted by molar-refractivity contribution is 0.949. The molecule has 0 spiro atoms. The summed E-state index contributed by atoms with van der Waals surface area (Å²) >= 11 is 0. The van der Waals surface area contributed by atoms with E-state index in [-0.39, 0.29) is 0 Å². The fourth-order valence-electron chi connectivity index (χ4n) is 1.84. The molecule has 1 aliphatic heterocycles. The monoisotopic (exact) mass is 177 g/mol. The highest BCUT2D eigenvalue weighted by Gasteiger charge is 2.14. The first-order valence-corrected chi connectivity index (χ1v) is 4.75. The molecular formula is C10H15N3. The summed E-state index contributed by atoms with van der Waals surface area (Å²) in [6.45, 7) is 4.35. The Kier molecular flexibility index (Phi) is 2.08. The Hall–Kier alpha value is -1.25. The van der Waals surface area contributed by atoms with Crippen LogP contribution in [-0.4, -0.2) is 18.1 Å². The topological polar surface area (TPSA) is 42.2 Å². The van der Waals surface area contributed by atoms with Crippen LogP contribution in [0.4, 0.5) is 11.5 Å². The molecule has 1 fully saturated rings. The Balaban J connectivity index is 2.33. The standard InChI is InChI=1S/C10H15N3/c1-8-9(4-5-12-10(8)11)13-6-2-3-7-13/h4-5H,2-3,6-7H2,1H3,(H2,11,12). The van der Waals surface area contributed by atoms with Crippen molar-refractivity contribution in [3.63, 3.8) is 0 Å². The summed E-state index contributed by atoms with van der Waals surface area (Å²) in [5, 5.41) is 0. The minimum atomic E-state index is 0.657. The molecule has 1 aromatic rings. The molecule has 1 saturated heterocycles. The van der Waals surface area contributed by atoms with Gasteiger partial charge in [0.25, 0.3) is 0 Å². The van der Waals surface area contributed by atoms with Gasteiger partial charge in [0, 0.05) is 30.5 Å². The van der Waals surface area contributed by atoms with Gasteiger partial charge in [-0.3, -0.25) is 0 Å². The van der Waals surface area contributed by atoms with E-state index in [4.69, 9.17) is 5.73 Å². The molecule has 2 N–H and O–H groups in total. The Morgan fingerprint density at radius 2 is 2.08 bits per heavy atom. The molecule has 1 aromatic heterocycles. The van der Waals surface area contributed by atoms with Crippen molar-refractivity contribution >= 4 is 11.5 Å². The maximum Gasteiger partial charge on any atom is 0.128 e. The van der Waals surface area contributed by atoms with Crippen molar-refractivity contribution in [1.82, 2.24) is 4.98 Å². The number of aromatic nitrogens is 1. The molecule has 3 nitrogen and oxygen atoms in total. The van der Waals surface area contributed by atoms with E-state index < -0.39 is 0 Å². The Morgan fingerprint density at radius 3 is 2.77 bits per heavy atom. The van der Waals surface area contributed by atoms with Gasteiger partial charge in [-0.2, -0.15) is 0 Å². The summed E-state index contributed by atoms with van der Waals surface area (Å²) in [5.74, 6) is 0.657. The van der Waals surface area contributed by atoms with Crippen molar-refractivity contribution in [1.29, 1.82) is 0 Å². The zero-order chi connectivity index (χ0) is 9.26. The van der Waals surface area contributed by atoms with Gasteiger partial charge in [-0.05, 0) is 25.8 Å². The SMILES string of the molecule is Cc1c(N2CCCC2)ccnc1N. The quantitative estimate of drug-likeness (QED) is 0.708. The molecule has 3 heteroatoms. The average Bonchev–Trinajstić information content (AvgIpc) is 2.62. The predicted octanol–water partition coefficient (Wildman–Crippen LogP) is 1.57. The van der Waals surface area contributed by atoms with E-state index in [9.17, 15) is 0 Å². The summed E-state index contributed by atoms with van der Waals surface area (Å²) in [6.07, 6.45) is 4.37. The van der Waals surface area contributed by atoms with Crippen molar-refractivity contribution in [3.05, 3.63) is 17.8 Å². The number of anilines is 2. The van der Waals surface area contributed by atoms with Gasteiger partial charge in [0.2, 0.25) is 0 Å². The van der Waals surface area contributed by atoms with Crippen LogP contribution in [0.2, 0.25) is 0 Å². The second-order valence-electron chi connectivity index (χ2n) is 3.53. The Bertz CT molecular complexity index is 303. The molecule has 0 amide bonds. The summed E-state index contributed by atoms with van der Waals surface area (Å²) in [5.41, 5.74) is 8.12. The third kappa shape index (κ3) is 1.46. The zero-order valence-electron chi connectivity index (χ0n) is 7.95. The van der Waals surface area contributed by atoms with Crippen molar-refractivity contribution in [3.8, 4) is 0 Å². The third-order valence-corrected chi connectivity index (χ3v) is 2.66. The number of pyridine rings is 1. The van der Waals surface area contributed by atoms with Crippen LogP contribution in [-0.2, 0) is 0 Å². The highest BCUT2D eigenvalue weighted by atomic mass is 15.1. The molecule has 2 heterocycles. The lowest BCUT2D eigenvalue weighted by atomic mass is 10.2. The van der Waals surface area contributed by atoms with Crippen LogP contribution in [0.15, 0.2) is 12.3 Å². The Morgan fingerprint density at radius 1 is 1.38 bits per heavy atom. The minimum Gasteiger partial charge on any atom is -0.383 e. The third-order valence-electron chi connectivity index (χ3n) is 2.66. The van der Waals surface area contributed by atoms with Gasteiger partial charge in [0.1, 0.15) is 5.82 Å². The molecule has 1 aliphatic rings. The van der Waals surface area contributed by atoms with Crippen LogP contribution in [0.25, 0.3) is 0 Å². The maximum atomic E-state index is 5.75. The van der Waals surface area contributed by atoms with Crippen molar-refractivity contribution in [2.24, 2.45) is 0 Å². The number of nitrogens with two attached hydrogens (primary N) is 1. The molecule has 0 aromatic carbocycles. The normalized spacial score (nSPS) is 16.5. The number of hydrogen-bond donors (Lipinski definition) is 1. The largest absolute Gasteiger partial charge is 0.383 e. The van der Waals surface area contributed by atoms with Gasteiger partial charge in [0.15, 0.2) is 0 Å². The minimum absolute atomic E-state index is 0.657.